The number of rotatable bonds is 3. The van der Waals surface area contributed by atoms with Gasteiger partial charge in [0.05, 0.1) is 24.1 Å². The number of hydrogen-bond acceptors (Lipinski definition) is 5. The number of aromatic nitrogens is 3. The van der Waals surface area contributed by atoms with Gasteiger partial charge in [0, 0.05) is 12.1 Å². The largest absolute Gasteiger partial charge is 0.381 e. The number of nitrogen functional groups attached to an aromatic ring is 1. The minimum Gasteiger partial charge on any atom is -0.381 e. The van der Waals surface area contributed by atoms with E-state index in [1.165, 1.54) is 10.6 Å². The normalized spacial score (nSPS) is 17.2. The number of fused-ring (bicyclic) bond motifs is 1. The highest BCUT2D eigenvalue weighted by Gasteiger charge is 2.29. The van der Waals surface area contributed by atoms with E-state index in [4.69, 9.17) is 11.5 Å². The number of nitrogens with two attached hydrogens (primary N) is 2. The average Bonchev–Trinajstić information content (AvgIpc) is 3.19. The van der Waals surface area contributed by atoms with Gasteiger partial charge in [-0.05, 0) is 31.0 Å². The van der Waals surface area contributed by atoms with Crippen LogP contribution in [-0.4, -0.2) is 27.0 Å². The number of hydrogen-bond donors (Lipinski definition) is 2. The van der Waals surface area contributed by atoms with Gasteiger partial charge in [-0.25, -0.2) is 18.3 Å². The summed E-state index contributed by atoms with van der Waals surface area (Å²) in [6, 6.07) is 3.15. The van der Waals surface area contributed by atoms with Crippen molar-refractivity contribution in [2.75, 3.05) is 17.2 Å². The molecule has 7 nitrogen and oxygen atoms in total. The predicted octanol–water partition coefficient (Wildman–Crippen LogP) is 2.03. The van der Waals surface area contributed by atoms with E-state index in [0.717, 1.165) is 18.6 Å². The van der Waals surface area contributed by atoms with Crippen LogP contribution in [0.25, 0.3) is 5.65 Å². The first-order valence-electron chi connectivity index (χ1n) is 8.11. The molecule has 0 bridgehead atoms. The topological polar surface area (TPSA) is 103 Å². The summed E-state index contributed by atoms with van der Waals surface area (Å²) in [7, 11) is 0. The average molecular weight is 358 g/mol. The van der Waals surface area contributed by atoms with Crippen LogP contribution in [0, 0.1) is 11.6 Å². The number of halogens is 2. The Hall–Kier alpha value is -3.23. The van der Waals surface area contributed by atoms with Crippen LogP contribution < -0.4 is 16.4 Å². The van der Waals surface area contributed by atoms with Crippen molar-refractivity contribution in [3.8, 4) is 0 Å². The van der Waals surface area contributed by atoms with Crippen LogP contribution >= 0.6 is 0 Å². The third kappa shape index (κ3) is 2.52. The highest BCUT2D eigenvalue weighted by molar-refractivity contribution is 6.03. The van der Waals surface area contributed by atoms with Crippen LogP contribution in [0.4, 0.5) is 20.3 Å². The van der Waals surface area contributed by atoms with Crippen LogP contribution in [0.15, 0.2) is 30.6 Å². The lowest BCUT2D eigenvalue weighted by molar-refractivity contribution is 0.100. The second-order valence-corrected chi connectivity index (χ2v) is 6.22. The zero-order chi connectivity index (χ0) is 18.4. The van der Waals surface area contributed by atoms with Gasteiger partial charge in [-0.1, -0.05) is 0 Å². The van der Waals surface area contributed by atoms with Gasteiger partial charge in [0.15, 0.2) is 11.5 Å². The molecule has 2 aromatic heterocycles. The molecule has 1 aliphatic heterocycles. The number of nitrogens with zero attached hydrogens (tertiary/aromatic N) is 4. The summed E-state index contributed by atoms with van der Waals surface area (Å²) in [6.45, 7) is 0.660. The molecule has 4 rings (SSSR count). The molecule has 1 aliphatic rings. The molecule has 0 spiro atoms. The Morgan fingerprint density at radius 2 is 2.12 bits per heavy atom. The van der Waals surface area contributed by atoms with Crippen LogP contribution in [0.5, 0.6) is 0 Å². The van der Waals surface area contributed by atoms with Gasteiger partial charge in [0.1, 0.15) is 17.2 Å². The van der Waals surface area contributed by atoms with Crippen LogP contribution in [0.2, 0.25) is 0 Å². The fourth-order valence-corrected chi connectivity index (χ4v) is 3.50. The van der Waals surface area contributed by atoms with Crippen molar-refractivity contribution in [2.24, 2.45) is 5.73 Å². The maximum absolute atomic E-state index is 14.2. The number of benzene rings is 1. The van der Waals surface area contributed by atoms with Crippen LogP contribution in [0.3, 0.4) is 0 Å². The third-order valence-corrected chi connectivity index (χ3v) is 4.63. The molecule has 3 aromatic rings. The first-order chi connectivity index (χ1) is 12.5. The minimum atomic E-state index is -0.710. The second-order valence-electron chi connectivity index (χ2n) is 6.22. The molecular weight excluding hydrogens is 342 g/mol. The van der Waals surface area contributed by atoms with Crippen LogP contribution in [0.1, 0.15) is 34.8 Å². The van der Waals surface area contributed by atoms with Crippen molar-refractivity contribution in [1.29, 1.82) is 0 Å². The Bertz CT molecular complexity index is 1020. The maximum Gasteiger partial charge on any atom is 0.256 e. The molecule has 4 N–H and O–H groups in total. The molecule has 3 heterocycles. The van der Waals surface area contributed by atoms with Gasteiger partial charge in [0.2, 0.25) is 0 Å². The molecule has 1 amide bonds. The minimum absolute atomic E-state index is 0.00343. The second kappa shape index (κ2) is 5.94. The number of amides is 1. The number of carbonyl (C=O) groups is 1. The highest BCUT2D eigenvalue weighted by atomic mass is 19.1. The summed E-state index contributed by atoms with van der Waals surface area (Å²) in [4.78, 5) is 17.7. The Morgan fingerprint density at radius 1 is 1.31 bits per heavy atom. The quantitative estimate of drug-likeness (QED) is 0.746. The molecule has 1 atom stereocenters. The first kappa shape index (κ1) is 16.2. The summed E-state index contributed by atoms with van der Waals surface area (Å²) in [5.74, 6) is -1.64. The summed E-state index contributed by atoms with van der Waals surface area (Å²) in [5, 5.41) is 4.07. The van der Waals surface area contributed by atoms with Crippen molar-refractivity contribution in [1.82, 2.24) is 14.6 Å². The summed E-state index contributed by atoms with van der Waals surface area (Å²) < 4.78 is 29.2. The van der Waals surface area contributed by atoms with Gasteiger partial charge < -0.3 is 16.4 Å². The van der Waals surface area contributed by atoms with Crippen molar-refractivity contribution >= 4 is 23.1 Å². The molecule has 1 saturated heterocycles. The molecule has 9 heteroatoms. The summed E-state index contributed by atoms with van der Waals surface area (Å²) in [6.07, 6.45) is 4.72. The maximum atomic E-state index is 14.2. The standard InChI is InChI=1S/C17H16F2N6O/c18-9-3-4-12(19)11(6-9)13-2-1-5-24(13)10-7-22-17-14(16(21)26)15(20)23-25(17)8-10/h3-4,6-8,13H,1-2,5H2,(H2,20,23)(H2,21,26)/t13-/m1/s1. The molecule has 134 valence electrons. The zero-order valence-corrected chi connectivity index (χ0v) is 13.7. The molecular formula is C17H16F2N6O. The molecule has 26 heavy (non-hydrogen) atoms. The third-order valence-electron chi connectivity index (χ3n) is 4.63. The predicted molar refractivity (Wildman–Crippen MR) is 91.6 cm³/mol. The molecule has 0 aliphatic carbocycles. The van der Waals surface area contributed by atoms with Crippen molar-refractivity contribution in [3.05, 3.63) is 53.4 Å². The molecule has 0 radical (unpaired) electrons. The highest BCUT2D eigenvalue weighted by Crippen LogP contribution is 2.37. The van der Waals surface area contributed by atoms with E-state index in [1.54, 1.807) is 12.4 Å². The van der Waals surface area contributed by atoms with Gasteiger partial charge in [-0.15, -0.1) is 5.10 Å². The molecule has 0 saturated carbocycles. The van der Waals surface area contributed by atoms with E-state index in [-0.39, 0.29) is 23.1 Å². The Labute approximate surface area is 147 Å². The first-order valence-corrected chi connectivity index (χ1v) is 8.11. The lowest BCUT2D eigenvalue weighted by Gasteiger charge is -2.27. The van der Waals surface area contributed by atoms with Crippen molar-refractivity contribution < 1.29 is 13.6 Å². The fraction of sp³-hybridized carbons (Fsp3) is 0.235. The Balaban J connectivity index is 1.76. The fourth-order valence-electron chi connectivity index (χ4n) is 3.50. The number of primary amides is 1. The molecule has 0 unspecified atom stereocenters. The number of carbonyl (C=O) groups excluding carboxylic acids is 1. The SMILES string of the molecule is NC(=O)c1c(N)nn2cc(N3CCC[C@@H]3c3cc(F)ccc3F)cnc12. The Morgan fingerprint density at radius 3 is 2.88 bits per heavy atom. The van der Waals surface area contributed by atoms with E-state index in [1.807, 2.05) is 4.90 Å². The summed E-state index contributed by atoms with van der Waals surface area (Å²) >= 11 is 0. The summed E-state index contributed by atoms with van der Waals surface area (Å²) in [5.41, 5.74) is 12.3. The van der Waals surface area contributed by atoms with Crippen LogP contribution in [-0.2, 0) is 0 Å². The van der Waals surface area contributed by atoms with Gasteiger partial charge in [-0.3, -0.25) is 4.79 Å². The van der Waals surface area contributed by atoms with Gasteiger partial charge >= 0.3 is 0 Å². The van der Waals surface area contributed by atoms with Crippen molar-refractivity contribution in [3.63, 3.8) is 0 Å². The van der Waals surface area contributed by atoms with Gasteiger partial charge in [0.25, 0.3) is 5.91 Å². The monoisotopic (exact) mass is 358 g/mol. The molecule has 1 fully saturated rings. The lowest BCUT2D eigenvalue weighted by atomic mass is 10.0. The molecule has 1 aromatic carbocycles. The zero-order valence-electron chi connectivity index (χ0n) is 13.7. The van der Waals surface area contributed by atoms with E-state index in [9.17, 15) is 13.6 Å². The van der Waals surface area contributed by atoms with E-state index >= 15 is 0 Å². The van der Waals surface area contributed by atoms with Gasteiger partial charge in [-0.2, -0.15) is 0 Å². The van der Waals surface area contributed by atoms with E-state index in [0.29, 0.717) is 24.2 Å². The Kier molecular flexibility index (Phi) is 3.71. The van der Waals surface area contributed by atoms with Crippen molar-refractivity contribution in [2.45, 2.75) is 18.9 Å². The van der Waals surface area contributed by atoms with E-state index in [2.05, 4.69) is 10.1 Å². The smallest absolute Gasteiger partial charge is 0.256 e. The lowest BCUT2D eigenvalue weighted by Crippen LogP contribution is -2.24. The number of anilines is 2. The van der Waals surface area contributed by atoms with E-state index < -0.39 is 17.5 Å².